The number of aliphatic carboxylic acids is 1. The molecule has 0 aromatic rings. The van der Waals surface area contributed by atoms with E-state index in [1.54, 1.807) is 0 Å². The van der Waals surface area contributed by atoms with Crippen molar-refractivity contribution in [3.8, 4) is 0 Å². The molecular weight excluding hydrogens is 379 g/mol. The molecule has 3 unspecified atom stereocenters. The minimum absolute atomic E-state index is 0. The quantitative estimate of drug-likeness (QED) is 0.662. The molecule has 2 fully saturated rings. The number of carbonyl (C=O) groups is 2. The number of carboxylic acid groups (broad SMARTS) is 1. The molecule has 0 bridgehead atoms. The molecule has 4 aliphatic carbocycles. The summed E-state index contributed by atoms with van der Waals surface area (Å²) in [5, 5.41) is 22.4. The Morgan fingerprint density at radius 1 is 1.21 bits per heavy atom. The Balaban J connectivity index is 0.00000225. The van der Waals surface area contributed by atoms with Crippen molar-refractivity contribution < 1.29 is 71.2 Å². The van der Waals surface area contributed by atoms with Gasteiger partial charge in [-0.1, -0.05) is 25.5 Å². The Morgan fingerprint density at radius 2 is 1.89 bits per heavy atom. The Kier molecular flexibility index (Phi) is 6.31. The van der Waals surface area contributed by atoms with E-state index < -0.39 is 11.6 Å². The van der Waals surface area contributed by atoms with E-state index in [-0.39, 0.29) is 74.4 Å². The van der Waals surface area contributed by atoms with Gasteiger partial charge in [-0.3, -0.25) is 4.79 Å². The van der Waals surface area contributed by atoms with E-state index in [1.807, 2.05) is 6.08 Å². The summed E-state index contributed by atoms with van der Waals surface area (Å²) < 4.78 is 0. The minimum atomic E-state index is -1.08. The monoisotopic (exact) mass is 410 g/mol. The maximum atomic E-state index is 12.0. The second-order valence-electron chi connectivity index (χ2n) is 9.98. The van der Waals surface area contributed by atoms with Gasteiger partial charge < -0.3 is 15.0 Å². The van der Waals surface area contributed by atoms with Gasteiger partial charge in [0.2, 0.25) is 0 Å². The molecular formula is C23H31KO4. The van der Waals surface area contributed by atoms with Gasteiger partial charge in [-0.25, -0.2) is 0 Å². The van der Waals surface area contributed by atoms with Crippen LogP contribution < -0.4 is 56.5 Å². The van der Waals surface area contributed by atoms with Crippen molar-refractivity contribution in [2.75, 3.05) is 0 Å². The number of rotatable bonds is 3. The SMILES string of the molecule is CC1=CC2C(CC[C@@]3(C)C2CC[C@@]3(O)CCC(=O)[O-])[C@@]2(C)CCC(=O)C=C12.[K+]. The Hall–Kier alpha value is 0.216. The third kappa shape index (κ3) is 3.29. The summed E-state index contributed by atoms with van der Waals surface area (Å²) in [5.74, 6) is 0.436. The molecule has 4 rings (SSSR count). The minimum Gasteiger partial charge on any atom is -0.550 e. The van der Waals surface area contributed by atoms with Crippen LogP contribution in [0.25, 0.3) is 0 Å². The zero-order valence-electron chi connectivity index (χ0n) is 17.7. The van der Waals surface area contributed by atoms with Crippen LogP contribution >= 0.6 is 0 Å². The number of carbonyl (C=O) groups excluding carboxylic acids is 2. The van der Waals surface area contributed by atoms with E-state index in [4.69, 9.17) is 0 Å². The van der Waals surface area contributed by atoms with Crippen molar-refractivity contribution in [1.29, 1.82) is 0 Å². The zero-order chi connectivity index (χ0) is 19.6. The van der Waals surface area contributed by atoms with Crippen LogP contribution in [-0.2, 0) is 9.59 Å². The number of aliphatic hydroxyl groups is 1. The van der Waals surface area contributed by atoms with Gasteiger partial charge in [-0.05, 0) is 92.1 Å². The molecule has 148 valence electrons. The van der Waals surface area contributed by atoms with Gasteiger partial charge in [0.05, 0.1) is 5.60 Å². The van der Waals surface area contributed by atoms with E-state index in [1.165, 1.54) is 11.1 Å². The topological polar surface area (TPSA) is 77.4 Å². The summed E-state index contributed by atoms with van der Waals surface area (Å²) >= 11 is 0. The summed E-state index contributed by atoms with van der Waals surface area (Å²) in [5.41, 5.74) is 1.34. The Bertz CT molecular complexity index is 756. The molecule has 0 aliphatic heterocycles. The van der Waals surface area contributed by atoms with Gasteiger partial charge in [0.15, 0.2) is 5.78 Å². The third-order valence-corrected chi connectivity index (χ3v) is 8.89. The van der Waals surface area contributed by atoms with Gasteiger partial charge in [0.1, 0.15) is 0 Å². The fourth-order valence-corrected chi connectivity index (χ4v) is 7.25. The number of hydrogen-bond acceptors (Lipinski definition) is 4. The Labute approximate surface area is 210 Å². The van der Waals surface area contributed by atoms with Crippen LogP contribution in [0.1, 0.15) is 72.1 Å². The molecule has 5 heteroatoms. The Morgan fingerprint density at radius 3 is 2.57 bits per heavy atom. The molecule has 2 saturated carbocycles. The van der Waals surface area contributed by atoms with Gasteiger partial charge in [0, 0.05) is 12.4 Å². The van der Waals surface area contributed by atoms with Crippen LogP contribution in [0.5, 0.6) is 0 Å². The number of hydrogen-bond donors (Lipinski definition) is 1. The third-order valence-electron chi connectivity index (χ3n) is 8.89. The standard InChI is InChI=1S/C23H32O4.K/c1-14-12-16-17(21(2)8-4-15(24)13-19(14)21)5-9-22(3)18(16)6-10-23(22,27)11-7-20(25)26;/h12-13,16-18,27H,4-11H2,1-3H3,(H,25,26);/q;+1/p-1/t16?,17?,18?,21-,22+,23-;/m1./s1. The van der Waals surface area contributed by atoms with Gasteiger partial charge in [-0.15, -0.1) is 0 Å². The molecule has 0 aromatic heterocycles. The zero-order valence-corrected chi connectivity index (χ0v) is 20.8. The van der Waals surface area contributed by atoms with Gasteiger partial charge in [-0.2, -0.15) is 0 Å². The summed E-state index contributed by atoms with van der Waals surface area (Å²) in [6, 6.07) is 0. The van der Waals surface area contributed by atoms with E-state index in [0.29, 0.717) is 37.0 Å². The first-order valence-electron chi connectivity index (χ1n) is 10.5. The van der Waals surface area contributed by atoms with Crippen molar-refractivity contribution in [2.45, 2.75) is 77.7 Å². The first kappa shape index (κ1) is 22.9. The first-order valence-corrected chi connectivity index (χ1v) is 10.5. The smallest absolute Gasteiger partial charge is 0.550 e. The van der Waals surface area contributed by atoms with Crippen LogP contribution in [0.4, 0.5) is 0 Å². The first-order chi connectivity index (χ1) is 12.6. The molecule has 0 heterocycles. The molecule has 6 atom stereocenters. The molecule has 1 N–H and O–H groups in total. The molecule has 0 aromatic carbocycles. The van der Waals surface area contributed by atoms with E-state index in [9.17, 15) is 19.8 Å². The van der Waals surface area contributed by atoms with Crippen LogP contribution in [0.15, 0.2) is 23.3 Å². The summed E-state index contributed by atoms with van der Waals surface area (Å²) in [6.45, 7) is 6.64. The van der Waals surface area contributed by atoms with Crippen molar-refractivity contribution in [2.24, 2.45) is 28.6 Å². The number of ketones is 1. The fraction of sp³-hybridized carbons (Fsp3) is 0.739. The molecule has 0 saturated heterocycles. The molecule has 0 amide bonds. The van der Waals surface area contributed by atoms with E-state index in [2.05, 4.69) is 26.8 Å². The normalized spacial score (nSPS) is 44.4. The molecule has 4 aliphatic rings. The molecule has 4 nitrogen and oxygen atoms in total. The van der Waals surface area contributed by atoms with Gasteiger partial charge >= 0.3 is 51.4 Å². The average Bonchev–Trinajstić information content (AvgIpc) is 2.87. The van der Waals surface area contributed by atoms with Crippen molar-refractivity contribution in [3.63, 3.8) is 0 Å². The summed E-state index contributed by atoms with van der Waals surface area (Å²) in [7, 11) is 0. The molecule has 0 radical (unpaired) electrons. The van der Waals surface area contributed by atoms with Crippen molar-refractivity contribution in [3.05, 3.63) is 23.3 Å². The fourth-order valence-electron chi connectivity index (χ4n) is 7.25. The van der Waals surface area contributed by atoms with Crippen LogP contribution in [-0.4, -0.2) is 22.5 Å². The van der Waals surface area contributed by atoms with Gasteiger partial charge in [0.25, 0.3) is 0 Å². The van der Waals surface area contributed by atoms with Crippen molar-refractivity contribution in [1.82, 2.24) is 0 Å². The maximum Gasteiger partial charge on any atom is 1.00 e. The molecule has 0 spiro atoms. The van der Waals surface area contributed by atoms with E-state index >= 15 is 0 Å². The number of fused-ring (bicyclic) bond motifs is 5. The average molecular weight is 411 g/mol. The predicted octanol–water partition coefficient (Wildman–Crippen LogP) is -0.0504. The number of allylic oxidation sites excluding steroid dienone is 4. The second kappa shape index (κ2) is 7.72. The number of carboxylic acids is 1. The van der Waals surface area contributed by atoms with Crippen molar-refractivity contribution >= 4 is 11.8 Å². The maximum absolute atomic E-state index is 12.0. The van der Waals surface area contributed by atoms with E-state index in [0.717, 1.165) is 25.7 Å². The van der Waals surface area contributed by atoms with Crippen LogP contribution in [0, 0.1) is 28.6 Å². The summed E-state index contributed by atoms with van der Waals surface area (Å²) in [6.07, 6.45) is 9.58. The predicted molar refractivity (Wildman–Crippen MR) is 100 cm³/mol. The summed E-state index contributed by atoms with van der Waals surface area (Å²) in [4.78, 5) is 23.0. The van der Waals surface area contributed by atoms with Crippen LogP contribution in [0.3, 0.4) is 0 Å². The largest absolute Gasteiger partial charge is 1.00 e. The second-order valence-corrected chi connectivity index (χ2v) is 9.98. The molecule has 28 heavy (non-hydrogen) atoms. The van der Waals surface area contributed by atoms with Crippen LogP contribution in [0.2, 0.25) is 0 Å².